The molecule has 3 heteroatoms. The Labute approximate surface area is 103 Å². The lowest BCUT2D eigenvalue weighted by Gasteiger charge is -2.16. The highest BCUT2D eigenvalue weighted by atomic mass is 16.5. The topological polar surface area (TPSA) is 45.0 Å². The van der Waals surface area contributed by atoms with Crippen LogP contribution in [0.5, 0.6) is 5.75 Å². The predicted molar refractivity (Wildman–Crippen MR) is 69.1 cm³/mol. The van der Waals surface area contributed by atoms with E-state index in [1.807, 2.05) is 32.9 Å². The third kappa shape index (κ3) is 4.08. The van der Waals surface area contributed by atoms with Crippen LogP contribution in [0.4, 0.5) is 0 Å². The molecule has 0 radical (unpaired) electrons. The minimum atomic E-state index is -0.269. The minimum Gasteiger partial charge on any atom is -0.491 e. The maximum Gasteiger partial charge on any atom is 0.130 e. The minimum absolute atomic E-state index is 0.269. The van der Waals surface area contributed by atoms with E-state index in [1.165, 1.54) is 5.56 Å². The molecule has 1 unspecified atom stereocenters. The summed E-state index contributed by atoms with van der Waals surface area (Å²) < 4.78 is 5.69. The molecule has 0 saturated carbocycles. The first-order valence-electron chi connectivity index (χ1n) is 5.89. The van der Waals surface area contributed by atoms with Crippen LogP contribution >= 0.6 is 0 Å². The fraction of sp³-hybridized carbons (Fsp3) is 0.500. The van der Waals surface area contributed by atoms with Gasteiger partial charge in [-0.3, -0.25) is 5.32 Å². The molecule has 0 aliphatic rings. The van der Waals surface area contributed by atoms with Gasteiger partial charge in [0.2, 0.25) is 0 Å². The van der Waals surface area contributed by atoms with Gasteiger partial charge in [-0.05, 0) is 44.9 Å². The fourth-order valence-electron chi connectivity index (χ4n) is 1.58. The van der Waals surface area contributed by atoms with Gasteiger partial charge in [0.25, 0.3) is 0 Å². The molecule has 0 spiro atoms. The first kappa shape index (κ1) is 13.5. The second-order valence-corrected chi connectivity index (χ2v) is 4.51. The van der Waals surface area contributed by atoms with Gasteiger partial charge in [-0.2, -0.15) is 5.26 Å². The Hall–Kier alpha value is -1.53. The second kappa shape index (κ2) is 6.27. The Bertz CT molecular complexity index is 407. The molecule has 0 heterocycles. The fourth-order valence-corrected chi connectivity index (χ4v) is 1.58. The van der Waals surface area contributed by atoms with E-state index < -0.39 is 0 Å². The number of nitrogens with one attached hydrogen (secondary N) is 1. The summed E-state index contributed by atoms with van der Waals surface area (Å²) in [4.78, 5) is 0. The van der Waals surface area contributed by atoms with E-state index >= 15 is 0 Å². The van der Waals surface area contributed by atoms with Gasteiger partial charge < -0.3 is 4.74 Å². The standard InChI is InChI=1S/C14H20N2O/c1-10(2)16-13(8-15)9-17-14-7-5-6-11(3)12(14)4/h5-7,10,13,16H,9H2,1-4H3. The number of nitriles is 1. The van der Waals surface area contributed by atoms with Crippen molar-refractivity contribution in [3.63, 3.8) is 0 Å². The third-order valence-electron chi connectivity index (χ3n) is 2.65. The van der Waals surface area contributed by atoms with Crippen LogP contribution in [0.15, 0.2) is 18.2 Å². The van der Waals surface area contributed by atoms with Crippen LogP contribution in [0.3, 0.4) is 0 Å². The molecule has 0 amide bonds. The predicted octanol–water partition coefficient (Wildman–Crippen LogP) is 2.57. The van der Waals surface area contributed by atoms with E-state index in [9.17, 15) is 0 Å². The van der Waals surface area contributed by atoms with E-state index in [2.05, 4.69) is 24.4 Å². The molecule has 0 aromatic heterocycles. The quantitative estimate of drug-likeness (QED) is 0.848. The van der Waals surface area contributed by atoms with E-state index in [0.717, 1.165) is 11.3 Å². The Morgan fingerprint density at radius 2 is 2.06 bits per heavy atom. The third-order valence-corrected chi connectivity index (χ3v) is 2.65. The molecule has 0 aliphatic heterocycles. The van der Waals surface area contributed by atoms with Crippen molar-refractivity contribution in [2.45, 2.75) is 39.8 Å². The molecule has 0 saturated heterocycles. The zero-order chi connectivity index (χ0) is 12.8. The lowest BCUT2D eigenvalue weighted by Crippen LogP contribution is -2.38. The number of benzene rings is 1. The molecule has 1 aromatic rings. The number of hydrogen-bond donors (Lipinski definition) is 1. The molecule has 0 aliphatic carbocycles. The average Bonchev–Trinajstić information content (AvgIpc) is 2.28. The Kier molecular flexibility index (Phi) is 4.99. The van der Waals surface area contributed by atoms with Crippen molar-refractivity contribution in [1.29, 1.82) is 5.26 Å². The normalized spacial score (nSPS) is 12.2. The van der Waals surface area contributed by atoms with Crippen LogP contribution in [-0.4, -0.2) is 18.7 Å². The summed E-state index contributed by atoms with van der Waals surface area (Å²) >= 11 is 0. The summed E-state index contributed by atoms with van der Waals surface area (Å²) in [6, 6.07) is 8.17. The molecule has 17 heavy (non-hydrogen) atoms. The van der Waals surface area contributed by atoms with Crippen LogP contribution in [0.1, 0.15) is 25.0 Å². The van der Waals surface area contributed by atoms with Gasteiger partial charge >= 0.3 is 0 Å². The van der Waals surface area contributed by atoms with Crippen molar-refractivity contribution < 1.29 is 4.74 Å². The first-order chi connectivity index (χ1) is 8.04. The van der Waals surface area contributed by atoms with Crippen LogP contribution in [-0.2, 0) is 0 Å². The lowest BCUT2D eigenvalue weighted by atomic mass is 10.1. The van der Waals surface area contributed by atoms with E-state index in [-0.39, 0.29) is 12.1 Å². The second-order valence-electron chi connectivity index (χ2n) is 4.51. The van der Waals surface area contributed by atoms with Crippen LogP contribution in [0.2, 0.25) is 0 Å². The van der Waals surface area contributed by atoms with Crippen LogP contribution in [0.25, 0.3) is 0 Å². The zero-order valence-electron chi connectivity index (χ0n) is 10.9. The molecule has 3 nitrogen and oxygen atoms in total. The summed E-state index contributed by atoms with van der Waals surface area (Å²) in [7, 11) is 0. The molecule has 0 bridgehead atoms. The molecule has 1 atom stereocenters. The van der Waals surface area contributed by atoms with E-state index in [0.29, 0.717) is 6.61 Å². The van der Waals surface area contributed by atoms with Crippen molar-refractivity contribution in [2.24, 2.45) is 0 Å². The van der Waals surface area contributed by atoms with Gasteiger partial charge in [0.15, 0.2) is 0 Å². The molecule has 92 valence electrons. The maximum absolute atomic E-state index is 8.98. The highest BCUT2D eigenvalue weighted by molar-refractivity contribution is 5.38. The van der Waals surface area contributed by atoms with E-state index in [1.54, 1.807) is 0 Å². The number of hydrogen-bond acceptors (Lipinski definition) is 3. The van der Waals surface area contributed by atoms with Crippen molar-refractivity contribution in [3.8, 4) is 11.8 Å². The molecule has 1 aromatic carbocycles. The number of aryl methyl sites for hydroxylation is 1. The van der Waals surface area contributed by atoms with Gasteiger partial charge in [-0.25, -0.2) is 0 Å². The number of nitrogens with zero attached hydrogens (tertiary/aromatic N) is 1. The van der Waals surface area contributed by atoms with Crippen molar-refractivity contribution >= 4 is 0 Å². The molecule has 0 fully saturated rings. The largest absolute Gasteiger partial charge is 0.491 e. The Balaban J connectivity index is 2.60. The average molecular weight is 232 g/mol. The van der Waals surface area contributed by atoms with Crippen molar-refractivity contribution in [1.82, 2.24) is 5.32 Å². The monoisotopic (exact) mass is 232 g/mol. The smallest absolute Gasteiger partial charge is 0.130 e. The van der Waals surface area contributed by atoms with Crippen LogP contribution in [0, 0.1) is 25.2 Å². The first-order valence-corrected chi connectivity index (χ1v) is 5.89. The van der Waals surface area contributed by atoms with Gasteiger partial charge in [0.1, 0.15) is 18.4 Å². The van der Waals surface area contributed by atoms with E-state index in [4.69, 9.17) is 10.00 Å². The highest BCUT2D eigenvalue weighted by Gasteiger charge is 2.10. The van der Waals surface area contributed by atoms with Gasteiger partial charge in [-0.1, -0.05) is 12.1 Å². The summed E-state index contributed by atoms with van der Waals surface area (Å²) in [6.07, 6.45) is 0. The number of ether oxygens (including phenoxy) is 1. The SMILES string of the molecule is Cc1cccc(OCC(C#N)NC(C)C)c1C. The molecular formula is C14H20N2O. The van der Waals surface area contributed by atoms with Gasteiger partial charge in [0.05, 0.1) is 6.07 Å². The van der Waals surface area contributed by atoms with Crippen LogP contribution < -0.4 is 10.1 Å². The number of rotatable bonds is 5. The maximum atomic E-state index is 8.98. The van der Waals surface area contributed by atoms with Crippen molar-refractivity contribution in [3.05, 3.63) is 29.3 Å². The van der Waals surface area contributed by atoms with Crippen molar-refractivity contribution in [2.75, 3.05) is 6.61 Å². The lowest BCUT2D eigenvalue weighted by molar-refractivity contribution is 0.280. The Morgan fingerprint density at radius 1 is 1.35 bits per heavy atom. The molecular weight excluding hydrogens is 212 g/mol. The van der Waals surface area contributed by atoms with Gasteiger partial charge in [0, 0.05) is 6.04 Å². The summed E-state index contributed by atoms with van der Waals surface area (Å²) in [5, 5.41) is 12.1. The summed E-state index contributed by atoms with van der Waals surface area (Å²) in [6.45, 7) is 8.49. The van der Waals surface area contributed by atoms with Gasteiger partial charge in [-0.15, -0.1) is 0 Å². The highest BCUT2D eigenvalue weighted by Crippen LogP contribution is 2.20. The summed E-state index contributed by atoms with van der Waals surface area (Å²) in [5.74, 6) is 0.857. The summed E-state index contributed by atoms with van der Waals surface area (Å²) in [5.41, 5.74) is 2.33. The molecule has 1 N–H and O–H groups in total. The Morgan fingerprint density at radius 3 is 2.65 bits per heavy atom. The zero-order valence-corrected chi connectivity index (χ0v) is 10.9. The molecule has 1 rings (SSSR count).